The minimum Gasteiger partial charge on any atom is -0.326 e. The highest BCUT2D eigenvalue weighted by Gasteiger charge is 2.13. The highest BCUT2D eigenvalue weighted by Crippen LogP contribution is 2.15. The number of nitrogens with one attached hydrogen (secondary N) is 3. The summed E-state index contributed by atoms with van der Waals surface area (Å²) in [5.74, 6) is -1.07. The van der Waals surface area contributed by atoms with Crippen LogP contribution in [0.3, 0.4) is 0 Å². The number of aromatic nitrogens is 1. The van der Waals surface area contributed by atoms with Crippen molar-refractivity contribution < 1.29 is 14.4 Å². The SMILES string of the molecule is CC(=O)Nc1ccc(NC(=O)c2cc(C(=O)Nc3ccc(C#N)cc3)ccn2)cc1. The number of anilines is 3. The summed E-state index contributed by atoms with van der Waals surface area (Å²) in [5.41, 5.74) is 2.49. The van der Waals surface area contributed by atoms with Crippen molar-refractivity contribution in [2.75, 3.05) is 16.0 Å². The van der Waals surface area contributed by atoms with Gasteiger partial charge in [-0.1, -0.05) is 0 Å². The number of hydrogen-bond donors (Lipinski definition) is 3. The summed E-state index contributed by atoms with van der Waals surface area (Å²) < 4.78 is 0. The third-order valence-electron chi connectivity index (χ3n) is 3.99. The highest BCUT2D eigenvalue weighted by atomic mass is 16.2. The second-order valence-corrected chi connectivity index (χ2v) is 6.29. The van der Waals surface area contributed by atoms with Gasteiger partial charge in [0.1, 0.15) is 5.69 Å². The van der Waals surface area contributed by atoms with E-state index in [0.717, 1.165) is 0 Å². The lowest BCUT2D eigenvalue weighted by molar-refractivity contribution is -0.114. The first-order valence-electron chi connectivity index (χ1n) is 8.91. The lowest BCUT2D eigenvalue weighted by Crippen LogP contribution is -2.17. The van der Waals surface area contributed by atoms with Gasteiger partial charge in [0, 0.05) is 35.7 Å². The van der Waals surface area contributed by atoms with Gasteiger partial charge < -0.3 is 16.0 Å². The van der Waals surface area contributed by atoms with Crippen LogP contribution in [0.15, 0.2) is 66.9 Å². The van der Waals surface area contributed by atoms with Crippen LogP contribution in [-0.4, -0.2) is 22.7 Å². The maximum Gasteiger partial charge on any atom is 0.274 e. The molecule has 0 aliphatic heterocycles. The lowest BCUT2D eigenvalue weighted by atomic mass is 10.2. The fraction of sp³-hybridized carbons (Fsp3) is 0.0455. The van der Waals surface area contributed by atoms with Crippen LogP contribution in [0.1, 0.15) is 33.3 Å². The number of carbonyl (C=O) groups excluding carboxylic acids is 3. The van der Waals surface area contributed by atoms with E-state index in [2.05, 4.69) is 20.9 Å². The van der Waals surface area contributed by atoms with E-state index in [1.807, 2.05) is 6.07 Å². The molecule has 148 valence electrons. The van der Waals surface area contributed by atoms with Crippen LogP contribution in [0.25, 0.3) is 0 Å². The number of nitrogens with zero attached hydrogens (tertiary/aromatic N) is 2. The zero-order valence-corrected chi connectivity index (χ0v) is 16.0. The predicted octanol–water partition coefficient (Wildman–Crippen LogP) is 3.42. The molecule has 1 heterocycles. The van der Waals surface area contributed by atoms with Crippen LogP contribution in [0.5, 0.6) is 0 Å². The molecule has 0 aliphatic carbocycles. The molecular formula is C22H17N5O3. The van der Waals surface area contributed by atoms with Crippen LogP contribution in [0, 0.1) is 11.3 Å². The zero-order chi connectivity index (χ0) is 21.5. The number of pyridine rings is 1. The van der Waals surface area contributed by atoms with E-state index in [0.29, 0.717) is 22.6 Å². The van der Waals surface area contributed by atoms with Crippen LogP contribution >= 0.6 is 0 Å². The van der Waals surface area contributed by atoms with E-state index in [1.165, 1.54) is 25.3 Å². The quantitative estimate of drug-likeness (QED) is 0.606. The molecule has 0 unspecified atom stereocenters. The molecule has 0 atom stereocenters. The highest BCUT2D eigenvalue weighted by molar-refractivity contribution is 6.07. The Labute approximate surface area is 172 Å². The molecule has 8 heteroatoms. The lowest BCUT2D eigenvalue weighted by Gasteiger charge is -2.08. The van der Waals surface area contributed by atoms with Gasteiger partial charge in [0.15, 0.2) is 0 Å². The van der Waals surface area contributed by atoms with Crippen molar-refractivity contribution in [2.24, 2.45) is 0 Å². The third-order valence-corrected chi connectivity index (χ3v) is 3.99. The normalized spacial score (nSPS) is 9.87. The summed E-state index contributed by atoms with van der Waals surface area (Å²) in [5, 5.41) is 16.9. The molecule has 8 nitrogen and oxygen atoms in total. The second-order valence-electron chi connectivity index (χ2n) is 6.29. The molecule has 0 radical (unpaired) electrons. The molecule has 2 aromatic carbocycles. The maximum atomic E-state index is 12.5. The Morgan fingerprint density at radius 1 is 0.800 bits per heavy atom. The Bertz CT molecular complexity index is 1130. The van der Waals surface area contributed by atoms with Crippen molar-refractivity contribution in [1.29, 1.82) is 5.26 Å². The van der Waals surface area contributed by atoms with Gasteiger partial charge in [-0.3, -0.25) is 19.4 Å². The smallest absolute Gasteiger partial charge is 0.274 e. The predicted molar refractivity (Wildman–Crippen MR) is 112 cm³/mol. The van der Waals surface area contributed by atoms with Crippen LogP contribution < -0.4 is 16.0 Å². The minimum atomic E-state index is -0.477. The topological polar surface area (TPSA) is 124 Å². The van der Waals surface area contributed by atoms with Crippen molar-refractivity contribution in [1.82, 2.24) is 4.98 Å². The number of rotatable bonds is 5. The first-order valence-corrected chi connectivity index (χ1v) is 8.91. The molecule has 3 rings (SSSR count). The number of hydrogen-bond acceptors (Lipinski definition) is 5. The first kappa shape index (κ1) is 20.2. The van der Waals surface area contributed by atoms with E-state index in [4.69, 9.17) is 5.26 Å². The Balaban J connectivity index is 1.67. The maximum absolute atomic E-state index is 12.5. The van der Waals surface area contributed by atoms with Crippen molar-refractivity contribution in [3.63, 3.8) is 0 Å². The van der Waals surface area contributed by atoms with Crippen molar-refractivity contribution >= 4 is 34.8 Å². The number of carbonyl (C=O) groups is 3. The van der Waals surface area contributed by atoms with Gasteiger partial charge in [0.2, 0.25) is 5.91 Å². The molecular weight excluding hydrogens is 382 g/mol. The van der Waals surface area contributed by atoms with Gasteiger partial charge in [-0.05, 0) is 60.7 Å². The van der Waals surface area contributed by atoms with Gasteiger partial charge in [0.25, 0.3) is 11.8 Å². The summed E-state index contributed by atoms with van der Waals surface area (Å²) in [6.45, 7) is 1.41. The van der Waals surface area contributed by atoms with E-state index < -0.39 is 11.8 Å². The molecule has 1 aromatic heterocycles. The average Bonchev–Trinajstić information content (AvgIpc) is 2.75. The fourth-order valence-corrected chi connectivity index (χ4v) is 2.56. The molecule has 30 heavy (non-hydrogen) atoms. The van der Waals surface area contributed by atoms with Gasteiger partial charge in [-0.2, -0.15) is 5.26 Å². The number of benzene rings is 2. The molecule has 0 fully saturated rings. The van der Waals surface area contributed by atoms with Crippen LogP contribution in [0.2, 0.25) is 0 Å². The first-order chi connectivity index (χ1) is 14.4. The largest absolute Gasteiger partial charge is 0.326 e. The van der Waals surface area contributed by atoms with E-state index in [-0.39, 0.29) is 17.2 Å². The zero-order valence-electron chi connectivity index (χ0n) is 16.0. The number of nitriles is 1. The Morgan fingerprint density at radius 3 is 1.90 bits per heavy atom. The molecule has 0 saturated carbocycles. The standard InChI is InChI=1S/C22H17N5O3/c1-14(28)25-17-6-8-19(9-7-17)27-22(30)20-12-16(10-11-24-20)21(29)26-18-4-2-15(13-23)3-5-18/h2-12H,1H3,(H,25,28)(H,26,29)(H,27,30). The van der Waals surface area contributed by atoms with Crippen molar-refractivity contribution in [2.45, 2.75) is 6.92 Å². The van der Waals surface area contributed by atoms with Gasteiger partial charge in [-0.15, -0.1) is 0 Å². The van der Waals surface area contributed by atoms with Gasteiger partial charge in [-0.25, -0.2) is 0 Å². The van der Waals surface area contributed by atoms with E-state index >= 15 is 0 Å². The molecule has 0 aliphatic rings. The molecule has 3 amide bonds. The molecule has 0 bridgehead atoms. The summed E-state index contributed by atoms with van der Waals surface area (Å²) in [4.78, 5) is 40.0. The summed E-state index contributed by atoms with van der Waals surface area (Å²) in [7, 11) is 0. The van der Waals surface area contributed by atoms with Gasteiger partial charge >= 0.3 is 0 Å². The minimum absolute atomic E-state index is 0.0772. The molecule has 0 spiro atoms. The molecule has 3 N–H and O–H groups in total. The molecule has 3 aromatic rings. The van der Waals surface area contributed by atoms with Crippen LogP contribution in [0.4, 0.5) is 17.1 Å². The van der Waals surface area contributed by atoms with Gasteiger partial charge in [0.05, 0.1) is 11.6 Å². The Morgan fingerprint density at radius 2 is 1.33 bits per heavy atom. The fourth-order valence-electron chi connectivity index (χ4n) is 2.56. The third kappa shape index (κ3) is 5.27. The number of amides is 3. The summed E-state index contributed by atoms with van der Waals surface area (Å²) in [6, 6.07) is 17.9. The van der Waals surface area contributed by atoms with E-state index in [1.54, 1.807) is 48.5 Å². The van der Waals surface area contributed by atoms with Crippen molar-refractivity contribution in [3.8, 4) is 6.07 Å². The monoisotopic (exact) mass is 399 g/mol. The Hall–Kier alpha value is -4.51. The second kappa shape index (κ2) is 9.12. The van der Waals surface area contributed by atoms with Crippen molar-refractivity contribution in [3.05, 3.63) is 83.7 Å². The Kier molecular flexibility index (Phi) is 6.15. The van der Waals surface area contributed by atoms with E-state index in [9.17, 15) is 14.4 Å². The average molecular weight is 399 g/mol. The summed E-state index contributed by atoms with van der Waals surface area (Å²) >= 11 is 0. The summed E-state index contributed by atoms with van der Waals surface area (Å²) in [6.07, 6.45) is 1.38. The molecule has 0 saturated heterocycles. The van der Waals surface area contributed by atoms with Crippen LogP contribution in [-0.2, 0) is 4.79 Å².